The van der Waals surface area contributed by atoms with Gasteiger partial charge in [-0.3, -0.25) is 9.79 Å². The molecule has 1 fully saturated rings. The molecule has 0 bridgehead atoms. The Morgan fingerprint density at radius 3 is 2.58 bits per heavy atom. The number of aliphatic imine (C=N–C) groups is 1. The van der Waals surface area contributed by atoms with Gasteiger partial charge in [-0.1, -0.05) is 47.1 Å². The maximum atomic E-state index is 12.6. The van der Waals surface area contributed by atoms with Crippen molar-refractivity contribution < 1.29 is 13.2 Å². The summed E-state index contributed by atoms with van der Waals surface area (Å²) in [5.41, 5.74) is 3.49. The average molecular weight is 498 g/mol. The highest BCUT2D eigenvalue weighted by atomic mass is 35.5. The summed E-state index contributed by atoms with van der Waals surface area (Å²) in [6.07, 6.45) is 0. The standard InChI is InChI=1S/C21H21Cl2N3O3S2/c1-12-3-4-13(2)17(5-12)24-20(27)9-30-21-25-18-10-31(28,29)11-19(18)26(21)16-7-14(22)6-15(23)8-16/h3-8,18-19H,9-11H2,1-2H3,(H,24,27)/t18-,19-/m0/s1. The summed E-state index contributed by atoms with van der Waals surface area (Å²) < 4.78 is 24.3. The smallest absolute Gasteiger partial charge is 0.234 e. The van der Waals surface area contributed by atoms with Crippen molar-refractivity contribution >= 4 is 67.3 Å². The van der Waals surface area contributed by atoms with Crippen LogP contribution in [-0.4, -0.2) is 48.8 Å². The third kappa shape index (κ3) is 5.03. The van der Waals surface area contributed by atoms with Gasteiger partial charge in [-0.15, -0.1) is 0 Å². The minimum atomic E-state index is -3.17. The zero-order valence-electron chi connectivity index (χ0n) is 16.9. The second-order valence-corrected chi connectivity index (χ2v) is 11.7. The van der Waals surface area contributed by atoms with Crippen molar-refractivity contribution in [1.82, 2.24) is 0 Å². The highest BCUT2D eigenvalue weighted by Crippen LogP contribution is 2.37. The van der Waals surface area contributed by atoms with Crippen molar-refractivity contribution in [3.63, 3.8) is 0 Å². The molecule has 1 N–H and O–H groups in total. The zero-order valence-corrected chi connectivity index (χ0v) is 20.1. The third-order valence-corrected chi connectivity index (χ3v) is 8.33. The van der Waals surface area contributed by atoms with Gasteiger partial charge in [0, 0.05) is 21.4 Å². The lowest BCUT2D eigenvalue weighted by molar-refractivity contribution is -0.113. The Labute approximate surface area is 195 Å². The van der Waals surface area contributed by atoms with Gasteiger partial charge in [-0.2, -0.15) is 0 Å². The molecule has 0 spiro atoms. The quantitative estimate of drug-likeness (QED) is 0.679. The molecule has 2 aliphatic rings. The number of hydrogen-bond donors (Lipinski definition) is 1. The number of thioether (sulfide) groups is 1. The Bertz CT molecular complexity index is 1160. The maximum Gasteiger partial charge on any atom is 0.234 e. The van der Waals surface area contributed by atoms with E-state index in [1.807, 2.05) is 36.9 Å². The Morgan fingerprint density at radius 2 is 1.87 bits per heavy atom. The number of anilines is 2. The monoisotopic (exact) mass is 497 g/mol. The molecule has 6 nitrogen and oxygen atoms in total. The molecule has 0 saturated carbocycles. The molecule has 1 saturated heterocycles. The summed E-state index contributed by atoms with van der Waals surface area (Å²) in [5.74, 6) is -0.00999. The van der Waals surface area contributed by atoms with Crippen molar-refractivity contribution in [3.05, 3.63) is 57.6 Å². The second-order valence-electron chi connectivity index (χ2n) is 7.78. The minimum Gasteiger partial charge on any atom is -0.325 e. The van der Waals surface area contributed by atoms with Crippen LogP contribution in [0.2, 0.25) is 10.0 Å². The van der Waals surface area contributed by atoms with Crippen LogP contribution >= 0.6 is 35.0 Å². The number of nitrogens with one attached hydrogen (secondary N) is 1. The largest absolute Gasteiger partial charge is 0.325 e. The molecular formula is C21H21Cl2N3O3S2. The maximum absolute atomic E-state index is 12.6. The number of benzene rings is 2. The van der Waals surface area contributed by atoms with Gasteiger partial charge < -0.3 is 10.2 Å². The lowest BCUT2D eigenvalue weighted by Gasteiger charge is -2.26. The lowest BCUT2D eigenvalue weighted by Crippen LogP contribution is -2.39. The Kier molecular flexibility index (Phi) is 6.27. The summed E-state index contributed by atoms with van der Waals surface area (Å²) in [5, 5.41) is 4.43. The van der Waals surface area contributed by atoms with Crippen molar-refractivity contribution in [2.45, 2.75) is 25.9 Å². The van der Waals surface area contributed by atoms with Gasteiger partial charge >= 0.3 is 0 Å². The van der Waals surface area contributed by atoms with Crippen LogP contribution in [0.3, 0.4) is 0 Å². The van der Waals surface area contributed by atoms with Crippen LogP contribution in [0, 0.1) is 13.8 Å². The van der Waals surface area contributed by atoms with E-state index in [9.17, 15) is 13.2 Å². The highest BCUT2D eigenvalue weighted by molar-refractivity contribution is 8.14. The number of hydrogen-bond acceptors (Lipinski definition) is 6. The number of sulfone groups is 1. The zero-order chi connectivity index (χ0) is 22.3. The predicted molar refractivity (Wildman–Crippen MR) is 130 cm³/mol. The van der Waals surface area contributed by atoms with Crippen LogP contribution in [0.1, 0.15) is 11.1 Å². The summed E-state index contributed by atoms with van der Waals surface area (Å²) >= 11 is 13.6. The third-order valence-electron chi connectivity index (χ3n) is 5.23. The number of nitrogens with zero attached hydrogens (tertiary/aromatic N) is 2. The SMILES string of the molecule is Cc1ccc(C)c(NC(=O)CSC2=N[C@H]3CS(=O)(=O)C[C@@H]3N2c2cc(Cl)cc(Cl)c2)c1. The average Bonchev–Trinajstić information content (AvgIpc) is 3.13. The van der Waals surface area contributed by atoms with Crippen LogP contribution in [0.4, 0.5) is 11.4 Å². The van der Waals surface area contributed by atoms with E-state index in [2.05, 4.69) is 10.3 Å². The number of amides is 1. The predicted octanol–water partition coefficient (Wildman–Crippen LogP) is 4.32. The molecule has 2 aromatic rings. The van der Waals surface area contributed by atoms with Gasteiger partial charge in [0.1, 0.15) is 0 Å². The van der Waals surface area contributed by atoms with Gasteiger partial charge in [-0.25, -0.2) is 8.42 Å². The first-order valence-electron chi connectivity index (χ1n) is 9.65. The van der Waals surface area contributed by atoms with E-state index in [0.29, 0.717) is 20.9 Å². The number of rotatable bonds is 4. The van der Waals surface area contributed by atoms with Gasteiger partial charge in [0.2, 0.25) is 5.91 Å². The van der Waals surface area contributed by atoms with Crippen molar-refractivity contribution in [2.24, 2.45) is 4.99 Å². The fourth-order valence-corrected chi connectivity index (χ4v) is 7.08. The number of fused-ring (bicyclic) bond motifs is 1. The van der Waals surface area contributed by atoms with Crippen LogP contribution < -0.4 is 10.2 Å². The molecule has 31 heavy (non-hydrogen) atoms. The molecule has 2 heterocycles. The van der Waals surface area contributed by atoms with E-state index >= 15 is 0 Å². The highest BCUT2D eigenvalue weighted by Gasteiger charge is 2.47. The molecule has 10 heteroatoms. The van der Waals surface area contributed by atoms with E-state index in [-0.39, 0.29) is 35.2 Å². The minimum absolute atomic E-state index is 0.00120. The molecule has 164 valence electrons. The molecule has 2 aliphatic heterocycles. The van der Waals surface area contributed by atoms with Crippen molar-refractivity contribution in [1.29, 1.82) is 0 Å². The summed E-state index contributed by atoms with van der Waals surface area (Å²) in [6, 6.07) is 10.3. The first-order chi connectivity index (χ1) is 14.6. The van der Waals surface area contributed by atoms with Gasteiger partial charge in [0.25, 0.3) is 0 Å². The number of carbonyl (C=O) groups is 1. The second kappa shape index (κ2) is 8.65. The number of carbonyl (C=O) groups excluding carboxylic acids is 1. The first kappa shape index (κ1) is 22.5. The van der Waals surface area contributed by atoms with Crippen molar-refractivity contribution in [3.8, 4) is 0 Å². The van der Waals surface area contributed by atoms with E-state index in [1.54, 1.807) is 18.2 Å². The molecule has 2 atom stereocenters. The summed E-state index contributed by atoms with van der Waals surface area (Å²) in [6.45, 7) is 3.91. The van der Waals surface area contributed by atoms with E-state index < -0.39 is 9.84 Å². The van der Waals surface area contributed by atoms with Crippen LogP contribution in [-0.2, 0) is 14.6 Å². The number of amidine groups is 1. The lowest BCUT2D eigenvalue weighted by atomic mass is 10.1. The van der Waals surface area contributed by atoms with E-state index in [1.165, 1.54) is 11.8 Å². The Morgan fingerprint density at radius 1 is 1.16 bits per heavy atom. The fraction of sp³-hybridized carbons (Fsp3) is 0.333. The van der Waals surface area contributed by atoms with Crippen LogP contribution in [0.5, 0.6) is 0 Å². The molecule has 2 aromatic carbocycles. The van der Waals surface area contributed by atoms with Gasteiger partial charge in [-0.05, 0) is 49.2 Å². The van der Waals surface area contributed by atoms with Gasteiger partial charge in [0.05, 0.1) is 29.3 Å². The molecule has 1 amide bonds. The number of halogens is 2. The number of aryl methyl sites for hydroxylation is 2. The molecule has 4 rings (SSSR count). The van der Waals surface area contributed by atoms with Crippen molar-refractivity contribution in [2.75, 3.05) is 27.5 Å². The molecule has 0 unspecified atom stereocenters. The molecule has 0 aliphatic carbocycles. The molecular weight excluding hydrogens is 477 g/mol. The van der Waals surface area contributed by atoms with Crippen LogP contribution in [0.15, 0.2) is 41.4 Å². The molecule has 0 aromatic heterocycles. The first-order valence-corrected chi connectivity index (χ1v) is 13.2. The Hall–Kier alpha value is -1.74. The normalized spacial score (nSPS) is 21.7. The summed E-state index contributed by atoms with van der Waals surface area (Å²) in [4.78, 5) is 19.1. The van der Waals surface area contributed by atoms with Gasteiger partial charge in [0.15, 0.2) is 15.0 Å². The van der Waals surface area contributed by atoms with E-state index in [4.69, 9.17) is 23.2 Å². The van der Waals surface area contributed by atoms with Crippen LogP contribution in [0.25, 0.3) is 0 Å². The molecule has 0 radical (unpaired) electrons. The topological polar surface area (TPSA) is 78.8 Å². The summed E-state index contributed by atoms with van der Waals surface area (Å²) in [7, 11) is -3.17. The van der Waals surface area contributed by atoms with E-state index in [0.717, 1.165) is 16.8 Å². The fourth-order valence-electron chi connectivity index (χ4n) is 3.80. The Balaban J connectivity index is 1.54.